The highest BCUT2D eigenvalue weighted by atomic mass is 15.3. The third-order valence-electron chi connectivity index (χ3n) is 4.47. The van der Waals surface area contributed by atoms with E-state index in [4.69, 9.17) is 0 Å². The lowest BCUT2D eigenvalue weighted by Gasteiger charge is -2.23. The van der Waals surface area contributed by atoms with Gasteiger partial charge in [0.25, 0.3) is 0 Å². The molecule has 1 N–H and O–H groups in total. The molecule has 2 rings (SSSR count). The van der Waals surface area contributed by atoms with E-state index < -0.39 is 0 Å². The summed E-state index contributed by atoms with van der Waals surface area (Å²) in [6, 6.07) is 0.868. The van der Waals surface area contributed by atoms with Crippen LogP contribution in [-0.4, -0.2) is 61.7 Å². The minimum atomic E-state index is 0.868. The van der Waals surface area contributed by atoms with Crippen LogP contribution in [0.4, 0.5) is 0 Å². The number of nitrogens with one attached hydrogen (secondary N) is 1. The molecule has 1 atom stereocenters. The summed E-state index contributed by atoms with van der Waals surface area (Å²) in [7, 11) is 0. The van der Waals surface area contributed by atoms with E-state index in [1.807, 2.05) is 0 Å². The molecule has 2 aliphatic heterocycles. The monoisotopic (exact) mass is 253 g/mol. The van der Waals surface area contributed by atoms with Gasteiger partial charge in [-0.2, -0.15) is 0 Å². The Bertz CT molecular complexity index is 214. The van der Waals surface area contributed by atoms with Crippen molar-refractivity contribution in [2.24, 2.45) is 0 Å². The van der Waals surface area contributed by atoms with Crippen molar-refractivity contribution in [1.29, 1.82) is 0 Å². The summed E-state index contributed by atoms with van der Waals surface area (Å²) >= 11 is 0. The van der Waals surface area contributed by atoms with Gasteiger partial charge in [0, 0.05) is 25.7 Å². The number of hydrogen-bond acceptors (Lipinski definition) is 3. The second kappa shape index (κ2) is 8.13. The first-order valence-electron chi connectivity index (χ1n) is 8.07. The van der Waals surface area contributed by atoms with Gasteiger partial charge >= 0.3 is 0 Å². The molecule has 0 aromatic heterocycles. The average molecular weight is 253 g/mol. The van der Waals surface area contributed by atoms with Gasteiger partial charge in [-0.1, -0.05) is 19.8 Å². The molecule has 2 fully saturated rings. The molecule has 0 aliphatic carbocycles. The first-order valence-corrected chi connectivity index (χ1v) is 8.07. The van der Waals surface area contributed by atoms with Gasteiger partial charge in [0.15, 0.2) is 0 Å². The van der Waals surface area contributed by atoms with Crippen molar-refractivity contribution < 1.29 is 0 Å². The van der Waals surface area contributed by atoms with Crippen molar-refractivity contribution in [3.05, 3.63) is 0 Å². The summed E-state index contributed by atoms with van der Waals surface area (Å²) in [5.41, 5.74) is 0. The molecule has 0 amide bonds. The van der Waals surface area contributed by atoms with Crippen LogP contribution in [0.3, 0.4) is 0 Å². The maximum atomic E-state index is 3.58. The lowest BCUT2D eigenvalue weighted by molar-refractivity contribution is 0.232. The van der Waals surface area contributed by atoms with E-state index in [-0.39, 0.29) is 0 Å². The molecule has 3 heteroatoms. The summed E-state index contributed by atoms with van der Waals surface area (Å²) in [5, 5.41) is 3.58. The molecule has 3 nitrogen and oxygen atoms in total. The minimum Gasteiger partial charge on any atom is -0.315 e. The highest BCUT2D eigenvalue weighted by Crippen LogP contribution is 2.19. The van der Waals surface area contributed by atoms with E-state index in [1.54, 1.807) is 0 Å². The third-order valence-corrected chi connectivity index (χ3v) is 4.47. The topological polar surface area (TPSA) is 18.5 Å². The molecule has 0 spiro atoms. The van der Waals surface area contributed by atoms with Gasteiger partial charge in [-0.15, -0.1) is 0 Å². The Morgan fingerprint density at radius 2 is 1.89 bits per heavy atom. The summed E-state index contributed by atoms with van der Waals surface area (Å²) in [4.78, 5) is 5.37. The summed E-state index contributed by atoms with van der Waals surface area (Å²) < 4.78 is 0. The normalized spacial score (nSPS) is 26.2. The average Bonchev–Trinajstić information content (AvgIpc) is 3.03. The van der Waals surface area contributed by atoms with Crippen molar-refractivity contribution in [3.63, 3.8) is 0 Å². The molecule has 2 aliphatic rings. The molecule has 0 radical (unpaired) electrons. The lowest BCUT2D eigenvalue weighted by Crippen LogP contribution is -2.37. The van der Waals surface area contributed by atoms with Crippen LogP contribution < -0.4 is 5.32 Å². The van der Waals surface area contributed by atoms with Crippen molar-refractivity contribution in [1.82, 2.24) is 15.1 Å². The third kappa shape index (κ3) is 4.52. The molecule has 0 saturated carbocycles. The predicted octanol–water partition coefficient (Wildman–Crippen LogP) is 1.94. The van der Waals surface area contributed by atoms with Gasteiger partial charge in [0.1, 0.15) is 0 Å². The van der Waals surface area contributed by atoms with Crippen molar-refractivity contribution in [3.8, 4) is 0 Å². The number of unbranched alkanes of at least 4 members (excludes halogenated alkanes) is 2. The Labute approximate surface area is 113 Å². The van der Waals surface area contributed by atoms with Crippen LogP contribution in [0.5, 0.6) is 0 Å². The zero-order valence-corrected chi connectivity index (χ0v) is 12.2. The molecular weight excluding hydrogens is 222 g/mol. The van der Waals surface area contributed by atoms with Crippen molar-refractivity contribution in [2.45, 2.75) is 51.5 Å². The van der Waals surface area contributed by atoms with Crippen LogP contribution in [0.25, 0.3) is 0 Å². The number of nitrogens with zero attached hydrogens (tertiary/aromatic N) is 2. The second-order valence-corrected chi connectivity index (χ2v) is 5.94. The number of hydrogen-bond donors (Lipinski definition) is 1. The van der Waals surface area contributed by atoms with Gasteiger partial charge < -0.3 is 10.2 Å². The van der Waals surface area contributed by atoms with Crippen LogP contribution in [0.1, 0.15) is 45.4 Å². The SMILES string of the molecule is CCCCCNCCN1CCC(N2CCCC2)C1. The fourth-order valence-electron chi connectivity index (χ4n) is 3.28. The van der Waals surface area contributed by atoms with Crippen LogP contribution in [0.2, 0.25) is 0 Å². The summed E-state index contributed by atoms with van der Waals surface area (Å²) in [6.45, 7) is 11.2. The highest BCUT2D eigenvalue weighted by Gasteiger charge is 2.28. The van der Waals surface area contributed by atoms with Gasteiger partial charge in [-0.05, 0) is 51.9 Å². The number of rotatable bonds is 8. The van der Waals surface area contributed by atoms with Crippen LogP contribution >= 0.6 is 0 Å². The van der Waals surface area contributed by atoms with Gasteiger partial charge in [0.2, 0.25) is 0 Å². The van der Waals surface area contributed by atoms with Gasteiger partial charge in [-0.3, -0.25) is 4.90 Å². The Hall–Kier alpha value is -0.120. The van der Waals surface area contributed by atoms with Gasteiger partial charge in [0.05, 0.1) is 0 Å². The Balaban J connectivity index is 1.50. The molecule has 2 saturated heterocycles. The smallest absolute Gasteiger partial charge is 0.0235 e. The summed E-state index contributed by atoms with van der Waals surface area (Å²) in [6.07, 6.45) is 8.28. The zero-order chi connectivity index (χ0) is 12.6. The molecule has 1 unspecified atom stereocenters. The maximum absolute atomic E-state index is 3.58. The van der Waals surface area contributed by atoms with Gasteiger partial charge in [-0.25, -0.2) is 0 Å². The molecule has 18 heavy (non-hydrogen) atoms. The summed E-state index contributed by atoms with van der Waals surface area (Å²) in [5.74, 6) is 0. The zero-order valence-electron chi connectivity index (χ0n) is 12.2. The minimum absolute atomic E-state index is 0.868. The van der Waals surface area contributed by atoms with Crippen molar-refractivity contribution in [2.75, 3.05) is 45.8 Å². The molecule has 0 aromatic carbocycles. The fourth-order valence-corrected chi connectivity index (χ4v) is 3.28. The lowest BCUT2D eigenvalue weighted by atomic mass is 10.2. The van der Waals surface area contributed by atoms with Crippen molar-refractivity contribution >= 4 is 0 Å². The predicted molar refractivity (Wildman–Crippen MR) is 78.0 cm³/mol. The van der Waals surface area contributed by atoms with E-state index >= 15 is 0 Å². The Morgan fingerprint density at radius 3 is 2.67 bits per heavy atom. The Kier molecular flexibility index (Phi) is 6.46. The number of likely N-dealkylation sites (tertiary alicyclic amines) is 2. The van der Waals surface area contributed by atoms with E-state index in [1.165, 1.54) is 84.3 Å². The molecule has 106 valence electrons. The standard InChI is InChI=1S/C15H31N3/c1-2-3-4-8-16-9-13-17-12-7-15(14-17)18-10-5-6-11-18/h15-16H,2-14H2,1H3. The molecule has 0 bridgehead atoms. The van der Waals surface area contributed by atoms with Crippen LogP contribution in [0, 0.1) is 0 Å². The Morgan fingerprint density at radius 1 is 1.06 bits per heavy atom. The largest absolute Gasteiger partial charge is 0.315 e. The quantitative estimate of drug-likeness (QED) is 0.667. The van der Waals surface area contributed by atoms with Crippen LogP contribution in [0.15, 0.2) is 0 Å². The van der Waals surface area contributed by atoms with E-state index in [0.29, 0.717) is 0 Å². The highest BCUT2D eigenvalue weighted by molar-refractivity contribution is 4.85. The second-order valence-electron chi connectivity index (χ2n) is 5.94. The first-order chi connectivity index (χ1) is 8.90. The molecular formula is C15H31N3. The van der Waals surface area contributed by atoms with Crippen LogP contribution in [-0.2, 0) is 0 Å². The molecule has 2 heterocycles. The maximum Gasteiger partial charge on any atom is 0.0235 e. The fraction of sp³-hybridized carbons (Fsp3) is 1.00. The molecule has 0 aromatic rings. The van der Waals surface area contributed by atoms with E-state index in [0.717, 1.165) is 6.04 Å². The first kappa shape index (κ1) is 14.3. The van der Waals surface area contributed by atoms with E-state index in [9.17, 15) is 0 Å². The van der Waals surface area contributed by atoms with E-state index in [2.05, 4.69) is 22.0 Å².